The van der Waals surface area contributed by atoms with Gasteiger partial charge in [0.05, 0.1) is 11.6 Å². The first-order valence-corrected chi connectivity index (χ1v) is 10.4. The molecule has 156 valence electrons. The second kappa shape index (κ2) is 8.91. The van der Waals surface area contributed by atoms with Crippen molar-refractivity contribution in [3.05, 3.63) is 41.1 Å². The highest BCUT2D eigenvalue weighted by molar-refractivity contribution is 5.81. The van der Waals surface area contributed by atoms with Gasteiger partial charge < -0.3 is 14.9 Å². The Bertz CT molecular complexity index is 864. The van der Waals surface area contributed by atoms with E-state index in [4.69, 9.17) is 9.97 Å². The van der Waals surface area contributed by atoms with Crippen molar-refractivity contribution < 1.29 is 9.90 Å². The monoisotopic (exact) mass is 396 g/mol. The van der Waals surface area contributed by atoms with Crippen LogP contribution in [0.5, 0.6) is 0 Å². The molecule has 2 atom stereocenters. The van der Waals surface area contributed by atoms with Gasteiger partial charge in [-0.3, -0.25) is 4.79 Å². The first-order valence-electron chi connectivity index (χ1n) is 10.4. The first-order chi connectivity index (χ1) is 13.8. The molecule has 0 spiro atoms. The van der Waals surface area contributed by atoms with Crippen LogP contribution in [0.1, 0.15) is 48.9 Å². The SMILES string of the molecule is CCCC(C(=O)O)c1c(C)nc(N2CCC(N(C)C)C2)nc1-c1ccc(C)cc1. The van der Waals surface area contributed by atoms with Crippen LogP contribution in [0.15, 0.2) is 24.3 Å². The summed E-state index contributed by atoms with van der Waals surface area (Å²) in [6.45, 7) is 7.77. The zero-order valence-corrected chi connectivity index (χ0v) is 18.1. The minimum Gasteiger partial charge on any atom is -0.481 e. The number of likely N-dealkylation sites (N-methyl/N-ethyl adjacent to an activating group) is 1. The number of aryl methyl sites for hydroxylation is 2. The molecule has 2 heterocycles. The van der Waals surface area contributed by atoms with Crippen LogP contribution in [0.4, 0.5) is 5.95 Å². The highest BCUT2D eigenvalue weighted by Crippen LogP contribution is 2.35. The Morgan fingerprint density at radius 1 is 1.24 bits per heavy atom. The number of carboxylic acid groups (broad SMARTS) is 1. The number of hydrogen-bond donors (Lipinski definition) is 1. The lowest BCUT2D eigenvalue weighted by molar-refractivity contribution is -0.139. The van der Waals surface area contributed by atoms with Gasteiger partial charge in [-0.2, -0.15) is 0 Å². The molecular weight excluding hydrogens is 364 g/mol. The predicted octanol–water partition coefficient (Wildman–Crippen LogP) is 3.87. The molecule has 0 saturated carbocycles. The second-order valence-corrected chi connectivity index (χ2v) is 8.27. The van der Waals surface area contributed by atoms with Gasteiger partial charge in [0.15, 0.2) is 0 Å². The van der Waals surface area contributed by atoms with Crippen molar-refractivity contribution >= 4 is 11.9 Å². The van der Waals surface area contributed by atoms with Gasteiger partial charge in [-0.1, -0.05) is 43.2 Å². The van der Waals surface area contributed by atoms with Crippen LogP contribution in [0.3, 0.4) is 0 Å². The normalized spacial score (nSPS) is 17.7. The van der Waals surface area contributed by atoms with E-state index in [9.17, 15) is 9.90 Å². The van der Waals surface area contributed by atoms with E-state index >= 15 is 0 Å². The molecule has 0 aliphatic carbocycles. The van der Waals surface area contributed by atoms with Crippen molar-refractivity contribution in [2.45, 2.75) is 52.0 Å². The minimum absolute atomic E-state index is 0.480. The smallest absolute Gasteiger partial charge is 0.311 e. The summed E-state index contributed by atoms with van der Waals surface area (Å²) in [6.07, 6.45) is 2.44. The largest absolute Gasteiger partial charge is 0.481 e. The van der Waals surface area contributed by atoms with Crippen LogP contribution in [-0.4, -0.2) is 59.2 Å². The Kier molecular flexibility index (Phi) is 6.52. The van der Waals surface area contributed by atoms with E-state index in [1.165, 1.54) is 0 Å². The average Bonchev–Trinajstić information content (AvgIpc) is 3.17. The van der Waals surface area contributed by atoms with Crippen LogP contribution in [0.25, 0.3) is 11.3 Å². The molecular formula is C23H32N4O2. The molecule has 1 aliphatic heterocycles. The van der Waals surface area contributed by atoms with E-state index < -0.39 is 11.9 Å². The van der Waals surface area contributed by atoms with Crippen LogP contribution < -0.4 is 4.90 Å². The molecule has 1 aromatic heterocycles. The van der Waals surface area contributed by atoms with Crippen LogP contribution in [-0.2, 0) is 4.79 Å². The number of aromatic nitrogens is 2. The van der Waals surface area contributed by atoms with E-state index in [1.54, 1.807) is 0 Å². The Morgan fingerprint density at radius 3 is 2.48 bits per heavy atom. The maximum absolute atomic E-state index is 12.1. The van der Waals surface area contributed by atoms with Crippen LogP contribution in [0, 0.1) is 13.8 Å². The van der Waals surface area contributed by atoms with E-state index in [0.717, 1.165) is 54.0 Å². The molecule has 1 saturated heterocycles. The summed E-state index contributed by atoms with van der Waals surface area (Å²) in [5.74, 6) is -0.709. The van der Waals surface area contributed by atoms with Gasteiger partial charge in [0, 0.05) is 36.0 Å². The zero-order chi connectivity index (χ0) is 21.1. The zero-order valence-electron chi connectivity index (χ0n) is 18.1. The molecule has 6 nitrogen and oxygen atoms in total. The van der Waals surface area contributed by atoms with E-state index in [1.807, 2.05) is 45.0 Å². The van der Waals surface area contributed by atoms with Crippen LogP contribution >= 0.6 is 0 Å². The number of anilines is 1. The second-order valence-electron chi connectivity index (χ2n) is 8.27. The molecule has 1 N–H and O–H groups in total. The summed E-state index contributed by atoms with van der Waals surface area (Å²) < 4.78 is 0. The van der Waals surface area contributed by atoms with Crippen molar-refractivity contribution in [2.24, 2.45) is 0 Å². The summed E-state index contributed by atoms with van der Waals surface area (Å²) in [4.78, 5) is 26.2. The fourth-order valence-corrected chi connectivity index (χ4v) is 4.08. The third-order valence-corrected chi connectivity index (χ3v) is 5.85. The fraction of sp³-hybridized carbons (Fsp3) is 0.522. The van der Waals surface area contributed by atoms with Gasteiger partial charge in [-0.15, -0.1) is 0 Å². The molecule has 1 fully saturated rings. The van der Waals surface area contributed by atoms with Crippen molar-refractivity contribution in [1.29, 1.82) is 0 Å². The van der Waals surface area contributed by atoms with Crippen molar-refractivity contribution in [2.75, 3.05) is 32.1 Å². The summed E-state index contributed by atoms with van der Waals surface area (Å²) >= 11 is 0. The van der Waals surface area contributed by atoms with E-state index in [-0.39, 0.29) is 0 Å². The topological polar surface area (TPSA) is 69.6 Å². The lowest BCUT2D eigenvalue weighted by Gasteiger charge is -2.24. The molecule has 3 rings (SSSR count). The van der Waals surface area contributed by atoms with Gasteiger partial charge in [0.25, 0.3) is 0 Å². The maximum Gasteiger partial charge on any atom is 0.311 e. The Morgan fingerprint density at radius 2 is 1.93 bits per heavy atom. The highest BCUT2D eigenvalue weighted by atomic mass is 16.4. The van der Waals surface area contributed by atoms with E-state index in [0.29, 0.717) is 18.4 Å². The summed E-state index contributed by atoms with van der Waals surface area (Å²) in [5.41, 5.74) is 4.37. The first kappa shape index (κ1) is 21.2. The molecule has 0 amide bonds. The summed E-state index contributed by atoms with van der Waals surface area (Å²) in [5, 5.41) is 9.90. The number of nitrogens with zero attached hydrogens (tertiary/aromatic N) is 4. The maximum atomic E-state index is 12.1. The van der Waals surface area contributed by atoms with Gasteiger partial charge in [-0.05, 0) is 40.8 Å². The molecule has 2 aromatic rings. The molecule has 0 radical (unpaired) electrons. The standard InChI is InChI=1S/C23H32N4O2/c1-6-7-19(22(28)29)20-16(3)24-23(27-13-12-18(14-27)26(4)5)25-21(20)17-10-8-15(2)9-11-17/h8-11,18-19H,6-7,12-14H2,1-5H3,(H,28,29). The molecule has 1 aromatic carbocycles. The average molecular weight is 397 g/mol. The number of benzene rings is 1. The molecule has 6 heteroatoms. The Balaban J connectivity index is 2.11. The molecule has 2 unspecified atom stereocenters. The number of rotatable bonds is 7. The third kappa shape index (κ3) is 4.58. The van der Waals surface area contributed by atoms with Gasteiger partial charge in [-0.25, -0.2) is 9.97 Å². The van der Waals surface area contributed by atoms with Crippen molar-refractivity contribution in [3.63, 3.8) is 0 Å². The Labute approximate surface area is 173 Å². The lowest BCUT2D eigenvalue weighted by atomic mass is 9.89. The third-order valence-electron chi connectivity index (χ3n) is 5.85. The number of aliphatic carboxylic acids is 1. The number of carbonyl (C=O) groups is 1. The minimum atomic E-state index is -0.812. The van der Waals surface area contributed by atoms with Gasteiger partial charge >= 0.3 is 5.97 Å². The number of carboxylic acids is 1. The van der Waals surface area contributed by atoms with Gasteiger partial charge in [0.1, 0.15) is 0 Å². The van der Waals surface area contributed by atoms with E-state index in [2.05, 4.69) is 23.9 Å². The van der Waals surface area contributed by atoms with Crippen molar-refractivity contribution in [1.82, 2.24) is 14.9 Å². The van der Waals surface area contributed by atoms with Crippen LogP contribution in [0.2, 0.25) is 0 Å². The predicted molar refractivity (Wildman–Crippen MR) is 117 cm³/mol. The molecule has 0 bridgehead atoms. The van der Waals surface area contributed by atoms with Gasteiger partial charge in [0.2, 0.25) is 5.95 Å². The number of hydrogen-bond acceptors (Lipinski definition) is 5. The summed E-state index contributed by atoms with van der Waals surface area (Å²) in [7, 11) is 4.20. The lowest BCUT2D eigenvalue weighted by Crippen LogP contribution is -2.32. The highest BCUT2D eigenvalue weighted by Gasteiger charge is 2.30. The quantitative estimate of drug-likeness (QED) is 0.766. The molecule has 29 heavy (non-hydrogen) atoms. The Hall–Kier alpha value is -2.47. The summed E-state index contributed by atoms with van der Waals surface area (Å²) in [6, 6.07) is 8.63. The van der Waals surface area contributed by atoms with Crippen molar-refractivity contribution in [3.8, 4) is 11.3 Å². The fourth-order valence-electron chi connectivity index (χ4n) is 4.08. The molecule has 1 aliphatic rings.